The number of fused-ring (bicyclic) bond motifs is 1. The molecule has 0 aromatic heterocycles. The number of halogens is 1. The highest BCUT2D eigenvalue weighted by Crippen LogP contribution is 2.26. The summed E-state index contributed by atoms with van der Waals surface area (Å²) >= 11 is 0. The molecule has 0 radical (unpaired) electrons. The quantitative estimate of drug-likeness (QED) is 0.676. The van der Waals surface area contributed by atoms with E-state index in [0.29, 0.717) is 13.0 Å². The van der Waals surface area contributed by atoms with Crippen LogP contribution in [0.25, 0.3) is 0 Å². The number of nitrogens with one attached hydrogen (secondary N) is 1. The first-order valence-corrected chi connectivity index (χ1v) is 11.5. The summed E-state index contributed by atoms with van der Waals surface area (Å²) < 4.78 is 13.1. The second-order valence-electron chi connectivity index (χ2n) is 8.47. The number of anilines is 2. The van der Waals surface area contributed by atoms with Crippen LogP contribution in [0.1, 0.15) is 24.8 Å². The van der Waals surface area contributed by atoms with Crippen molar-refractivity contribution in [1.29, 1.82) is 0 Å². The topological polar surface area (TPSA) is 55.9 Å². The molecular weight excluding hydrogens is 407 g/mol. The Kier molecular flexibility index (Phi) is 7.37. The Morgan fingerprint density at radius 2 is 1.72 bits per heavy atom. The van der Waals surface area contributed by atoms with Gasteiger partial charge in [-0.05, 0) is 61.7 Å². The zero-order valence-electron chi connectivity index (χ0n) is 18.4. The summed E-state index contributed by atoms with van der Waals surface area (Å²) in [5.41, 5.74) is 3.05. The zero-order chi connectivity index (χ0) is 22.3. The van der Waals surface area contributed by atoms with Crippen LogP contribution in [0.5, 0.6) is 0 Å². The molecule has 1 N–H and O–H groups in total. The van der Waals surface area contributed by atoms with Crippen molar-refractivity contribution in [2.45, 2.75) is 25.7 Å². The van der Waals surface area contributed by atoms with Gasteiger partial charge in [-0.1, -0.05) is 18.2 Å². The number of hydrogen-bond acceptors (Lipinski definition) is 4. The maximum absolute atomic E-state index is 13.1. The van der Waals surface area contributed by atoms with Crippen LogP contribution in [-0.4, -0.2) is 62.5 Å². The van der Waals surface area contributed by atoms with Crippen LogP contribution in [0, 0.1) is 5.82 Å². The van der Waals surface area contributed by atoms with Gasteiger partial charge in [0.15, 0.2) is 0 Å². The lowest BCUT2D eigenvalue weighted by atomic mass is 10.1. The largest absolute Gasteiger partial charge is 0.369 e. The number of rotatable bonds is 7. The highest BCUT2D eigenvalue weighted by Gasteiger charge is 2.24. The van der Waals surface area contributed by atoms with Gasteiger partial charge in [-0.15, -0.1) is 0 Å². The lowest BCUT2D eigenvalue weighted by Gasteiger charge is -2.36. The van der Waals surface area contributed by atoms with E-state index in [1.807, 2.05) is 36.4 Å². The number of nitrogens with zero attached hydrogens (tertiary/aromatic N) is 3. The molecule has 170 valence electrons. The van der Waals surface area contributed by atoms with E-state index in [9.17, 15) is 14.0 Å². The van der Waals surface area contributed by atoms with Gasteiger partial charge in [-0.25, -0.2) is 4.39 Å². The predicted octanol–water partition coefficient (Wildman–Crippen LogP) is 2.82. The van der Waals surface area contributed by atoms with Crippen LogP contribution in [0.4, 0.5) is 15.8 Å². The van der Waals surface area contributed by atoms with Crippen molar-refractivity contribution in [1.82, 2.24) is 10.2 Å². The van der Waals surface area contributed by atoms with Crippen LogP contribution >= 0.6 is 0 Å². The SMILES string of the molecule is O=C(CN1C(=O)CCCc2ccccc21)NCCCN1CCN(c2ccc(F)cc2)CC1. The molecule has 2 heterocycles. The Hall–Kier alpha value is -2.93. The standard InChI is InChI=1S/C25H31FN4O2/c26-21-9-11-22(12-10-21)29-17-15-28(16-18-29)14-4-13-27-24(31)19-30-23-7-2-1-5-20(23)6-3-8-25(30)32/h1-2,5,7,9-12H,3-4,6,8,13-19H2,(H,27,31). The third-order valence-electron chi connectivity index (χ3n) is 6.26. The normalized spacial score (nSPS) is 17.1. The molecule has 0 atom stereocenters. The summed E-state index contributed by atoms with van der Waals surface area (Å²) in [5, 5.41) is 2.98. The van der Waals surface area contributed by atoms with E-state index in [2.05, 4.69) is 15.1 Å². The number of carbonyl (C=O) groups is 2. The van der Waals surface area contributed by atoms with E-state index < -0.39 is 0 Å². The maximum atomic E-state index is 13.1. The Morgan fingerprint density at radius 3 is 2.50 bits per heavy atom. The number of para-hydroxylation sites is 1. The fraction of sp³-hybridized carbons (Fsp3) is 0.440. The summed E-state index contributed by atoms with van der Waals surface area (Å²) in [6.07, 6.45) is 3.04. The first kappa shape index (κ1) is 22.3. The number of piperazine rings is 1. The average Bonchev–Trinajstić information content (AvgIpc) is 2.96. The third kappa shape index (κ3) is 5.65. The maximum Gasteiger partial charge on any atom is 0.240 e. The van der Waals surface area contributed by atoms with E-state index in [0.717, 1.165) is 68.9 Å². The number of benzene rings is 2. The van der Waals surface area contributed by atoms with E-state index in [-0.39, 0.29) is 24.2 Å². The fourth-order valence-electron chi connectivity index (χ4n) is 4.47. The highest BCUT2D eigenvalue weighted by atomic mass is 19.1. The van der Waals surface area contributed by atoms with Gasteiger partial charge in [-0.3, -0.25) is 14.5 Å². The van der Waals surface area contributed by atoms with Gasteiger partial charge < -0.3 is 15.1 Å². The van der Waals surface area contributed by atoms with Crippen molar-refractivity contribution in [3.8, 4) is 0 Å². The Bertz CT molecular complexity index is 926. The molecule has 0 bridgehead atoms. The summed E-state index contributed by atoms with van der Waals surface area (Å²) in [6, 6.07) is 14.5. The van der Waals surface area contributed by atoms with Crippen molar-refractivity contribution in [2.24, 2.45) is 0 Å². The molecule has 0 unspecified atom stereocenters. The lowest BCUT2D eigenvalue weighted by molar-refractivity contribution is -0.123. The van der Waals surface area contributed by atoms with Crippen LogP contribution in [-0.2, 0) is 16.0 Å². The molecule has 0 spiro atoms. The van der Waals surface area contributed by atoms with Gasteiger partial charge in [0.25, 0.3) is 0 Å². The first-order valence-electron chi connectivity index (χ1n) is 11.5. The Balaban J connectivity index is 1.17. The second kappa shape index (κ2) is 10.6. The van der Waals surface area contributed by atoms with E-state index in [4.69, 9.17) is 0 Å². The average molecular weight is 439 g/mol. The van der Waals surface area contributed by atoms with Crippen LogP contribution in [0.15, 0.2) is 48.5 Å². The number of carbonyl (C=O) groups excluding carboxylic acids is 2. The summed E-state index contributed by atoms with van der Waals surface area (Å²) in [4.78, 5) is 31.3. The van der Waals surface area contributed by atoms with E-state index >= 15 is 0 Å². The zero-order valence-corrected chi connectivity index (χ0v) is 18.4. The highest BCUT2D eigenvalue weighted by molar-refractivity contribution is 5.99. The van der Waals surface area contributed by atoms with Gasteiger partial charge in [0.2, 0.25) is 11.8 Å². The molecule has 32 heavy (non-hydrogen) atoms. The Labute approximate surface area is 189 Å². The lowest BCUT2D eigenvalue weighted by Crippen LogP contribution is -2.47. The minimum absolute atomic E-state index is 0.0177. The molecule has 2 amide bonds. The van der Waals surface area contributed by atoms with Gasteiger partial charge in [0.05, 0.1) is 0 Å². The van der Waals surface area contributed by atoms with Gasteiger partial charge in [0.1, 0.15) is 12.4 Å². The summed E-state index contributed by atoms with van der Waals surface area (Å²) in [7, 11) is 0. The molecule has 2 aliphatic rings. The van der Waals surface area contributed by atoms with Crippen molar-refractivity contribution >= 4 is 23.2 Å². The van der Waals surface area contributed by atoms with Crippen LogP contribution in [0.3, 0.4) is 0 Å². The third-order valence-corrected chi connectivity index (χ3v) is 6.26. The minimum Gasteiger partial charge on any atom is -0.369 e. The van der Waals surface area contributed by atoms with Gasteiger partial charge in [0, 0.05) is 50.5 Å². The number of aryl methyl sites for hydroxylation is 1. The second-order valence-corrected chi connectivity index (χ2v) is 8.47. The first-order chi connectivity index (χ1) is 15.6. The molecule has 6 nitrogen and oxygen atoms in total. The number of hydrogen-bond donors (Lipinski definition) is 1. The fourth-order valence-corrected chi connectivity index (χ4v) is 4.47. The molecule has 1 saturated heterocycles. The van der Waals surface area contributed by atoms with Crippen molar-refractivity contribution in [3.05, 3.63) is 59.9 Å². The van der Waals surface area contributed by atoms with Crippen LogP contribution < -0.4 is 15.1 Å². The molecule has 1 fully saturated rings. The van der Waals surface area contributed by atoms with Crippen molar-refractivity contribution < 1.29 is 14.0 Å². The molecule has 7 heteroatoms. The number of amides is 2. The summed E-state index contributed by atoms with van der Waals surface area (Å²) in [5.74, 6) is -0.306. The van der Waals surface area contributed by atoms with E-state index in [1.54, 1.807) is 4.90 Å². The molecule has 4 rings (SSSR count). The minimum atomic E-state index is -0.209. The van der Waals surface area contributed by atoms with Crippen LogP contribution in [0.2, 0.25) is 0 Å². The molecule has 0 aliphatic carbocycles. The molecule has 2 aromatic carbocycles. The smallest absolute Gasteiger partial charge is 0.240 e. The monoisotopic (exact) mass is 438 g/mol. The molecule has 2 aromatic rings. The van der Waals surface area contributed by atoms with E-state index in [1.165, 1.54) is 12.1 Å². The molecule has 0 saturated carbocycles. The van der Waals surface area contributed by atoms with Gasteiger partial charge in [-0.2, -0.15) is 0 Å². The molecular formula is C25H31FN4O2. The van der Waals surface area contributed by atoms with Crippen molar-refractivity contribution in [3.63, 3.8) is 0 Å². The molecule has 2 aliphatic heterocycles. The van der Waals surface area contributed by atoms with Crippen molar-refractivity contribution in [2.75, 3.05) is 55.6 Å². The predicted molar refractivity (Wildman–Crippen MR) is 124 cm³/mol. The Morgan fingerprint density at radius 1 is 0.969 bits per heavy atom. The summed E-state index contributed by atoms with van der Waals surface area (Å²) in [6.45, 7) is 5.31. The van der Waals surface area contributed by atoms with Gasteiger partial charge >= 0.3 is 0 Å².